The molecule has 8 rings (SSSR count). The number of benzene rings is 1. The minimum absolute atomic E-state index is 0.0119. The Morgan fingerprint density at radius 3 is 2.39 bits per heavy atom. The standard InChI is InChI=1S/C43H48N10O8/c1-25-32-23-46-43(49-38(32)52(27-7-3-4-8-27)42(60)37(25)26(2)54)47-34-13-9-28(22-45-34)51-18-16-50(17-19-51)24-36(56)44-15-5-6-20-61-29-10-11-30-31(21-29)41(59)53(40(30)58)33-12-14-35(55)48-39(33)57/h9-11,13,21-23,27,33H,3-8,12,14-20,24H2,1-2H3,(H,44,56)(H,48,55,57)(H,45,46,47,49). The minimum atomic E-state index is -1.03. The van der Waals surface area contributed by atoms with Gasteiger partial charge in [-0.3, -0.25) is 53.2 Å². The highest BCUT2D eigenvalue weighted by Gasteiger charge is 2.44. The van der Waals surface area contributed by atoms with E-state index in [1.165, 1.54) is 19.1 Å². The van der Waals surface area contributed by atoms with Gasteiger partial charge in [0.15, 0.2) is 5.78 Å². The molecule has 18 nitrogen and oxygen atoms in total. The Labute approximate surface area is 351 Å². The number of fused-ring (bicyclic) bond motifs is 2. The van der Waals surface area contributed by atoms with E-state index in [1.807, 2.05) is 12.1 Å². The Bertz CT molecular complexity index is 2470. The van der Waals surface area contributed by atoms with Gasteiger partial charge in [-0.2, -0.15) is 4.98 Å². The average Bonchev–Trinajstić information content (AvgIpc) is 3.85. The monoisotopic (exact) mass is 832 g/mol. The SMILES string of the molecule is CC(=O)c1c(C)c2cnc(Nc3ccc(N4CCN(CC(=O)NCCCCOc5ccc6c(c5)C(=O)N(C5CCC(=O)NC5=O)C6=O)CC4)cn3)nc2n(C2CCCC2)c1=O. The van der Waals surface area contributed by atoms with Gasteiger partial charge in [0.2, 0.25) is 23.7 Å². The van der Waals surface area contributed by atoms with Gasteiger partial charge >= 0.3 is 0 Å². The lowest BCUT2D eigenvalue weighted by molar-refractivity contribution is -0.136. The topological polar surface area (TPSA) is 218 Å². The number of imide groups is 2. The fourth-order valence-corrected chi connectivity index (χ4v) is 8.68. The van der Waals surface area contributed by atoms with E-state index < -0.39 is 29.7 Å². The van der Waals surface area contributed by atoms with Crippen LogP contribution in [0, 0.1) is 6.92 Å². The largest absolute Gasteiger partial charge is 0.494 e. The molecule has 1 aromatic carbocycles. The lowest BCUT2D eigenvalue weighted by atomic mass is 10.0. The first-order chi connectivity index (χ1) is 29.5. The first-order valence-corrected chi connectivity index (χ1v) is 20.8. The molecule has 3 aromatic heterocycles. The Hall–Kier alpha value is -6.56. The summed E-state index contributed by atoms with van der Waals surface area (Å²) in [4.78, 5) is 108. The quantitative estimate of drug-likeness (QED) is 0.0946. The van der Waals surface area contributed by atoms with E-state index in [2.05, 4.69) is 35.7 Å². The predicted molar refractivity (Wildman–Crippen MR) is 223 cm³/mol. The Morgan fingerprint density at radius 2 is 1.67 bits per heavy atom. The molecule has 61 heavy (non-hydrogen) atoms. The summed E-state index contributed by atoms with van der Waals surface area (Å²) in [5, 5.41) is 9.02. The van der Waals surface area contributed by atoms with Crippen LogP contribution in [-0.2, 0) is 14.4 Å². The van der Waals surface area contributed by atoms with Gasteiger partial charge in [0.05, 0.1) is 41.7 Å². The van der Waals surface area contributed by atoms with Crippen molar-refractivity contribution in [3.63, 3.8) is 0 Å². The maximum absolute atomic E-state index is 13.5. The summed E-state index contributed by atoms with van der Waals surface area (Å²) in [6.45, 7) is 7.18. The summed E-state index contributed by atoms with van der Waals surface area (Å²) < 4.78 is 7.51. The van der Waals surface area contributed by atoms with Crippen molar-refractivity contribution in [3.8, 4) is 5.75 Å². The van der Waals surface area contributed by atoms with Crippen molar-refractivity contribution in [2.75, 3.05) is 56.1 Å². The maximum Gasteiger partial charge on any atom is 0.263 e. The number of nitrogens with one attached hydrogen (secondary N) is 3. The number of carbonyl (C=O) groups excluding carboxylic acids is 6. The Balaban J connectivity index is 0.759. The molecule has 0 radical (unpaired) electrons. The average molecular weight is 833 g/mol. The van der Waals surface area contributed by atoms with Gasteiger partial charge in [-0.15, -0.1) is 0 Å². The van der Waals surface area contributed by atoms with Crippen molar-refractivity contribution in [2.24, 2.45) is 0 Å². The third kappa shape index (κ3) is 8.57. The molecule has 3 fully saturated rings. The summed E-state index contributed by atoms with van der Waals surface area (Å²) in [7, 11) is 0. The molecule has 1 aliphatic carbocycles. The van der Waals surface area contributed by atoms with E-state index in [9.17, 15) is 33.6 Å². The number of aryl methyl sites for hydroxylation is 1. The summed E-state index contributed by atoms with van der Waals surface area (Å²) in [6.07, 6.45) is 8.69. The summed E-state index contributed by atoms with van der Waals surface area (Å²) in [5.41, 5.74) is 2.31. The molecule has 5 amide bonds. The Kier molecular flexibility index (Phi) is 11.9. The number of piperazine rings is 1. The van der Waals surface area contributed by atoms with Crippen LogP contribution < -0.4 is 31.1 Å². The highest BCUT2D eigenvalue weighted by atomic mass is 16.5. The minimum Gasteiger partial charge on any atom is -0.494 e. The van der Waals surface area contributed by atoms with Crippen LogP contribution in [0.1, 0.15) is 101 Å². The van der Waals surface area contributed by atoms with Crippen molar-refractivity contribution in [3.05, 3.63) is 75.3 Å². The number of hydrogen-bond donors (Lipinski definition) is 3. The summed E-state index contributed by atoms with van der Waals surface area (Å²) >= 11 is 0. The molecule has 0 spiro atoms. The van der Waals surface area contributed by atoms with Gasteiger partial charge in [0, 0.05) is 56.8 Å². The molecule has 1 saturated carbocycles. The molecule has 4 aliphatic rings. The molecular formula is C43H48N10O8. The molecule has 6 heterocycles. The number of unbranched alkanes of at least 4 members (excludes halogenated alkanes) is 1. The van der Waals surface area contributed by atoms with Crippen LogP contribution in [0.25, 0.3) is 11.0 Å². The van der Waals surface area contributed by atoms with E-state index in [1.54, 1.807) is 30.0 Å². The normalized spacial score (nSPS) is 18.4. The van der Waals surface area contributed by atoms with Crippen LogP contribution >= 0.6 is 0 Å². The first kappa shape index (κ1) is 41.2. The second-order valence-electron chi connectivity index (χ2n) is 16.0. The number of amides is 5. The van der Waals surface area contributed by atoms with Gasteiger partial charge in [0.25, 0.3) is 17.4 Å². The van der Waals surface area contributed by atoms with Crippen LogP contribution in [0.5, 0.6) is 5.75 Å². The molecule has 1 unspecified atom stereocenters. The number of pyridine rings is 2. The molecule has 3 aliphatic heterocycles. The van der Waals surface area contributed by atoms with E-state index >= 15 is 0 Å². The van der Waals surface area contributed by atoms with E-state index in [-0.39, 0.29) is 52.8 Å². The lowest BCUT2D eigenvalue weighted by Crippen LogP contribution is -2.54. The van der Waals surface area contributed by atoms with Crippen LogP contribution in [-0.4, -0.2) is 117 Å². The molecular weight excluding hydrogens is 785 g/mol. The summed E-state index contributed by atoms with van der Waals surface area (Å²) in [6, 6.07) is 7.41. The number of rotatable bonds is 14. The van der Waals surface area contributed by atoms with Gasteiger partial charge in [-0.1, -0.05) is 12.8 Å². The number of piperidine rings is 1. The Morgan fingerprint density at radius 1 is 0.902 bits per heavy atom. The number of nitrogens with zero attached hydrogens (tertiary/aromatic N) is 7. The van der Waals surface area contributed by atoms with Crippen molar-refractivity contribution in [1.82, 2.24) is 40.0 Å². The molecule has 18 heteroatoms. The molecule has 2 saturated heterocycles. The van der Waals surface area contributed by atoms with Gasteiger partial charge in [-0.05, 0) is 81.8 Å². The third-order valence-electron chi connectivity index (χ3n) is 11.9. The number of Topliss-reactive ketones (excluding diaryl/α,β-unsaturated/α-hetero) is 1. The zero-order valence-electron chi connectivity index (χ0n) is 34.2. The van der Waals surface area contributed by atoms with Crippen LogP contribution in [0.2, 0.25) is 0 Å². The number of carbonyl (C=O) groups is 6. The fraction of sp³-hybridized carbons (Fsp3) is 0.442. The van der Waals surface area contributed by atoms with E-state index in [0.717, 1.165) is 49.4 Å². The van der Waals surface area contributed by atoms with Gasteiger partial charge in [-0.25, -0.2) is 9.97 Å². The summed E-state index contributed by atoms with van der Waals surface area (Å²) in [5.74, 6) is -1.28. The number of hydrogen-bond acceptors (Lipinski definition) is 14. The van der Waals surface area contributed by atoms with Crippen molar-refractivity contribution >= 4 is 63.8 Å². The lowest BCUT2D eigenvalue weighted by Gasteiger charge is -2.35. The molecule has 318 valence electrons. The van der Waals surface area contributed by atoms with Crippen molar-refractivity contribution in [1.29, 1.82) is 0 Å². The molecule has 4 aromatic rings. The molecule has 0 bridgehead atoms. The van der Waals surface area contributed by atoms with Crippen LogP contribution in [0.15, 0.2) is 47.5 Å². The third-order valence-corrected chi connectivity index (χ3v) is 11.9. The second kappa shape index (κ2) is 17.6. The number of ether oxygens (including phenoxy) is 1. The fourth-order valence-electron chi connectivity index (χ4n) is 8.68. The molecule has 1 atom stereocenters. The zero-order chi connectivity index (χ0) is 42.8. The number of aromatic nitrogens is 4. The van der Waals surface area contributed by atoms with E-state index in [0.29, 0.717) is 79.7 Å². The highest BCUT2D eigenvalue weighted by Crippen LogP contribution is 2.33. The van der Waals surface area contributed by atoms with Crippen molar-refractivity contribution in [2.45, 2.75) is 77.3 Å². The van der Waals surface area contributed by atoms with Gasteiger partial charge < -0.3 is 20.3 Å². The van der Waals surface area contributed by atoms with E-state index in [4.69, 9.17) is 9.72 Å². The highest BCUT2D eigenvalue weighted by molar-refractivity contribution is 6.23. The smallest absolute Gasteiger partial charge is 0.263 e. The number of anilines is 3. The van der Waals surface area contributed by atoms with Crippen LogP contribution in [0.4, 0.5) is 17.5 Å². The second-order valence-corrected chi connectivity index (χ2v) is 16.0. The van der Waals surface area contributed by atoms with Gasteiger partial charge in [0.1, 0.15) is 23.3 Å². The van der Waals surface area contributed by atoms with Crippen molar-refractivity contribution < 1.29 is 33.5 Å². The number of ketones is 1. The maximum atomic E-state index is 13.5. The van der Waals surface area contributed by atoms with Crippen LogP contribution in [0.3, 0.4) is 0 Å². The molecule has 3 N–H and O–H groups in total. The predicted octanol–water partition coefficient (Wildman–Crippen LogP) is 3.05. The zero-order valence-corrected chi connectivity index (χ0v) is 34.2. The first-order valence-electron chi connectivity index (χ1n) is 20.8.